The molecule has 0 bridgehead atoms. The second kappa shape index (κ2) is 8.08. The Morgan fingerprint density at radius 1 is 1.18 bits per heavy atom. The van der Waals surface area contributed by atoms with Crippen LogP contribution in [0, 0.1) is 5.41 Å². The molecule has 156 valence electrons. The Kier molecular flexibility index (Phi) is 6.40. The lowest BCUT2D eigenvalue weighted by Gasteiger charge is -2.45. The minimum absolute atomic E-state index is 0.0888. The summed E-state index contributed by atoms with van der Waals surface area (Å²) < 4.78 is 38.6. The summed E-state index contributed by atoms with van der Waals surface area (Å²) in [6.45, 7) is 7.17. The quantitative estimate of drug-likeness (QED) is 0.401. The van der Waals surface area contributed by atoms with Gasteiger partial charge in [-0.3, -0.25) is 4.79 Å². The van der Waals surface area contributed by atoms with Gasteiger partial charge in [-0.25, -0.2) is 8.98 Å². The van der Waals surface area contributed by atoms with E-state index in [4.69, 9.17) is 13.7 Å². The van der Waals surface area contributed by atoms with E-state index in [2.05, 4.69) is 0 Å². The first kappa shape index (κ1) is 22.2. The molecule has 1 saturated heterocycles. The monoisotopic (exact) mass is 413 g/mol. The summed E-state index contributed by atoms with van der Waals surface area (Å²) in [6.07, 6.45) is -0.803. The average molecular weight is 413 g/mol. The van der Waals surface area contributed by atoms with Crippen LogP contribution in [0.3, 0.4) is 0 Å². The van der Waals surface area contributed by atoms with Crippen molar-refractivity contribution in [2.45, 2.75) is 46.0 Å². The highest BCUT2D eigenvalue weighted by atomic mass is 32.2. The summed E-state index contributed by atoms with van der Waals surface area (Å²) in [5.74, 6) is -0.628. The molecule has 1 aromatic carbocycles. The van der Waals surface area contributed by atoms with Crippen molar-refractivity contribution in [3.8, 4) is 0 Å². The number of ether oxygens (including phenoxy) is 2. The van der Waals surface area contributed by atoms with E-state index in [1.165, 1.54) is 4.90 Å². The summed E-state index contributed by atoms with van der Waals surface area (Å²) in [5, 5.41) is 0. The normalized spacial score (nSPS) is 17.4. The van der Waals surface area contributed by atoms with Gasteiger partial charge in [0.15, 0.2) is 0 Å². The lowest BCUT2D eigenvalue weighted by Crippen LogP contribution is -2.62. The van der Waals surface area contributed by atoms with Gasteiger partial charge in [-0.15, -0.1) is 0 Å². The van der Waals surface area contributed by atoms with Crippen LogP contribution in [0.1, 0.15) is 33.3 Å². The van der Waals surface area contributed by atoms with Gasteiger partial charge in [0.2, 0.25) is 6.29 Å². The first-order chi connectivity index (χ1) is 12.8. The minimum Gasteiger partial charge on any atom is -0.444 e. The zero-order valence-electron chi connectivity index (χ0n) is 16.8. The minimum atomic E-state index is -3.83. The molecule has 0 radical (unpaired) electrons. The molecular formula is C19H27NO7S. The highest BCUT2D eigenvalue weighted by Crippen LogP contribution is 2.33. The molecule has 1 heterocycles. The fourth-order valence-electron chi connectivity index (χ4n) is 2.74. The van der Waals surface area contributed by atoms with Gasteiger partial charge in [-0.1, -0.05) is 30.3 Å². The molecule has 0 spiro atoms. The van der Waals surface area contributed by atoms with Crippen molar-refractivity contribution < 1.29 is 31.7 Å². The first-order valence-corrected chi connectivity index (χ1v) is 10.7. The molecule has 0 N–H and O–H groups in total. The molecule has 1 fully saturated rings. The van der Waals surface area contributed by atoms with Crippen LogP contribution >= 0.6 is 0 Å². The van der Waals surface area contributed by atoms with Gasteiger partial charge in [0.05, 0.1) is 6.26 Å². The molecule has 1 aromatic rings. The number of likely N-dealkylation sites (tertiary alicyclic amines) is 1. The molecule has 28 heavy (non-hydrogen) atoms. The fraction of sp³-hybridized carbons (Fsp3) is 0.579. The maximum atomic E-state index is 12.6. The van der Waals surface area contributed by atoms with Crippen LogP contribution in [0.2, 0.25) is 0 Å². The molecule has 8 nitrogen and oxygen atoms in total. The third-order valence-electron chi connectivity index (χ3n) is 3.99. The molecule has 1 atom stereocenters. The van der Waals surface area contributed by atoms with Crippen molar-refractivity contribution in [2.24, 2.45) is 5.41 Å². The second-order valence-electron chi connectivity index (χ2n) is 8.22. The molecule has 0 aromatic heterocycles. The Balaban J connectivity index is 2.00. The van der Waals surface area contributed by atoms with Crippen LogP contribution < -0.4 is 0 Å². The zero-order chi connectivity index (χ0) is 21.2. The topological polar surface area (TPSA) is 99.2 Å². The number of hydrogen-bond donors (Lipinski definition) is 0. The predicted molar refractivity (Wildman–Crippen MR) is 102 cm³/mol. The molecule has 1 unspecified atom stereocenters. The highest BCUT2D eigenvalue weighted by Gasteiger charge is 2.50. The first-order valence-electron chi connectivity index (χ1n) is 8.89. The summed E-state index contributed by atoms with van der Waals surface area (Å²) in [5.41, 5.74) is -0.821. The van der Waals surface area contributed by atoms with E-state index >= 15 is 0 Å². The maximum Gasteiger partial charge on any atom is 0.410 e. The molecule has 9 heteroatoms. The van der Waals surface area contributed by atoms with Crippen LogP contribution in [0.25, 0.3) is 0 Å². The molecule has 1 aliphatic heterocycles. The Labute approximate surface area is 165 Å². The van der Waals surface area contributed by atoms with Crippen molar-refractivity contribution in [1.29, 1.82) is 0 Å². The van der Waals surface area contributed by atoms with Gasteiger partial charge in [0.25, 0.3) is 10.1 Å². The van der Waals surface area contributed by atoms with E-state index in [0.29, 0.717) is 0 Å². The van der Waals surface area contributed by atoms with E-state index in [1.54, 1.807) is 52.0 Å². The zero-order valence-corrected chi connectivity index (χ0v) is 17.6. The number of esters is 1. The molecule has 0 aliphatic carbocycles. The van der Waals surface area contributed by atoms with Crippen LogP contribution in [0.15, 0.2) is 30.3 Å². The lowest BCUT2D eigenvalue weighted by molar-refractivity contribution is -0.183. The fourth-order valence-corrected chi connectivity index (χ4v) is 3.24. The van der Waals surface area contributed by atoms with Gasteiger partial charge in [0.1, 0.15) is 11.0 Å². The SMILES string of the molecule is CC(C)(C)OC(=O)N1CC(C)(C(=O)OC(Cc2ccccc2)OS(C)(=O)=O)C1. The number of nitrogens with zero attached hydrogens (tertiary/aromatic N) is 1. The van der Waals surface area contributed by atoms with E-state index in [1.807, 2.05) is 6.07 Å². The molecular weight excluding hydrogens is 386 g/mol. The summed E-state index contributed by atoms with van der Waals surface area (Å²) in [7, 11) is -3.83. The number of rotatable bonds is 6. The number of carbonyl (C=O) groups excluding carboxylic acids is 2. The maximum absolute atomic E-state index is 12.6. The van der Waals surface area contributed by atoms with Crippen LogP contribution in [0.4, 0.5) is 4.79 Å². The van der Waals surface area contributed by atoms with Crippen molar-refractivity contribution >= 4 is 22.2 Å². The van der Waals surface area contributed by atoms with Gasteiger partial charge in [-0.2, -0.15) is 8.42 Å². The Morgan fingerprint density at radius 3 is 2.25 bits per heavy atom. The Hall–Kier alpha value is -2.13. The van der Waals surface area contributed by atoms with Crippen LogP contribution in [-0.4, -0.2) is 56.6 Å². The average Bonchev–Trinajstić information content (AvgIpc) is 2.49. The van der Waals surface area contributed by atoms with Crippen molar-refractivity contribution in [2.75, 3.05) is 19.3 Å². The van der Waals surface area contributed by atoms with Crippen molar-refractivity contribution in [3.63, 3.8) is 0 Å². The van der Waals surface area contributed by atoms with Crippen LogP contribution in [-0.2, 0) is 35.0 Å². The number of hydrogen-bond acceptors (Lipinski definition) is 7. The van der Waals surface area contributed by atoms with Gasteiger partial charge in [-0.05, 0) is 33.3 Å². The number of benzene rings is 1. The van der Waals surface area contributed by atoms with Gasteiger partial charge in [0, 0.05) is 19.5 Å². The molecule has 0 saturated carbocycles. The Morgan fingerprint density at radius 2 is 1.75 bits per heavy atom. The number of carbonyl (C=O) groups is 2. The molecule has 2 rings (SSSR count). The van der Waals surface area contributed by atoms with Crippen molar-refractivity contribution in [3.05, 3.63) is 35.9 Å². The predicted octanol–water partition coefficient (Wildman–Crippen LogP) is 2.33. The second-order valence-corrected chi connectivity index (χ2v) is 9.82. The van der Waals surface area contributed by atoms with E-state index in [-0.39, 0.29) is 19.5 Å². The summed E-state index contributed by atoms with van der Waals surface area (Å²) in [4.78, 5) is 26.1. The molecule has 1 amide bonds. The van der Waals surface area contributed by atoms with E-state index < -0.39 is 39.5 Å². The smallest absolute Gasteiger partial charge is 0.410 e. The standard InChI is InChI=1S/C19H27NO7S/c1-18(2,3)26-17(22)20-12-19(4,13-20)16(21)25-15(27-28(5,23)24)11-14-9-7-6-8-10-14/h6-10,15H,11-13H2,1-5H3. The Bertz CT molecular complexity index is 808. The summed E-state index contributed by atoms with van der Waals surface area (Å²) in [6, 6.07) is 8.97. The van der Waals surface area contributed by atoms with E-state index in [0.717, 1.165) is 11.8 Å². The number of amides is 1. The van der Waals surface area contributed by atoms with Gasteiger partial charge >= 0.3 is 12.1 Å². The van der Waals surface area contributed by atoms with Gasteiger partial charge < -0.3 is 14.4 Å². The third kappa shape index (κ3) is 6.49. The van der Waals surface area contributed by atoms with E-state index in [9.17, 15) is 18.0 Å². The lowest BCUT2D eigenvalue weighted by atomic mass is 9.82. The largest absolute Gasteiger partial charge is 0.444 e. The van der Waals surface area contributed by atoms with Crippen LogP contribution in [0.5, 0.6) is 0 Å². The third-order valence-corrected chi connectivity index (χ3v) is 4.55. The van der Waals surface area contributed by atoms with Crippen molar-refractivity contribution in [1.82, 2.24) is 4.90 Å². The summed E-state index contributed by atoms with van der Waals surface area (Å²) >= 11 is 0. The molecule has 1 aliphatic rings. The highest BCUT2D eigenvalue weighted by molar-refractivity contribution is 7.86.